The van der Waals surface area contributed by atoms with Crippen LogP contribution in [0.1, 0.15) is 6.42 Å². The van der Waals surface area contributed by atoms with Crippen molar-refractivity contribution in [1.82, 2.24) is 0 Å². The predicted molar refractivity (Wildman–Crippen MR) is 58.6 cm³/mol. The molecule has 0 amide bonds. The zero-order valence-electron chi connectivity index (χ0n) is 7.82. The molecule has 0 spiro atoms. The van der Waals surface area contributed by atoms with E-state index < -0.39 is 11.0 Å². The molecular weight excluding hydrogens is 239 g/mol. The number of hydrogen-bond donors (Lipinski definition) is 1. The van der Waals surface area contributed by atoms with Crippen molar-refractivity contribution in [1.29, 1.82) is 0 Å². The van der Waals surface area contributed by atoms with E-state index in [0.29, 0.717) is 5.75 Å². The van der Waals surface area contributed by atoms with Crippen LogP contribution in [0.5, 0.6) is 5.75 Å². The van der Waals surface area contributed by atoms with Gasteiger partial charge in [-0.25, -0.2) is 4.79 Å². The van der Waals surface area contributed by atoms with Gasteiger partial charge in [0.1, 0.15) is 5.75 Å². The minimum Gasteiger partial charge on any atom is -0.477 e. The first kappa shape index (κ1) is 12.1. The molecule has 5 heteroatoms. The summed E-state index contributed by atoms with van der Waals surface area (Å²) in [6, 6.07) is 8.53. The molecule has 1 aromatic rings. The van der Waals surface area contributed by atoms with Crippen LogP contribution >= 0.6 is 23.2 Å². The summed E-state index contributed by atoms with van der Waals surface area (Å²) < 4.78 is 5.19. The van der Waals surface area contributed by atoms with E-state index in [0.717, 1.165) is 0 Å². The van der Waals surface area contributed by atoms with E-state index in [1.54, 1.807) is 30.3 Å². The highest BCUT2D eigenvalue weighted by atomic mass is 35.5. The van der Waals surface area contributed by atoms with Crippen molar-refractivity contribution >= 4 is 29.2 Å². The van der Waals surface area contributed by atoms with Crippen LogP contribution in [0.4, 0.5) is 0 Å². The number of carboxylic acid groups (broad SMARTS) is 1. The zero-order valence-corrected chi connectivity index (χ0v) is 9.33. The third kappa shape index (κ3) is 3.29. The van der Waals surface area contributed by atoms with Crippen molar-refractivity contribution in [2.24, 2.45) is 0 Å². The van der Waals surface area contributed by atoms with Crippen LogP contribution in [0.3, 0.4) is 0 Å². The van der Waals surface area contributed by atoms with Crippen LogP contribution in [-0.2, 0) is 4.79 Å². The summed E-state index contributed by atoms with van der Waals surface area (Å²) in [4.78, 5) is 10.9. The summed E-state index contributed by atoms with van der Waals surface area (Å²) in [6.45, 7) is 0. The molecule has 1 atom stereocenters. The first-order valence-corrected chi connectivity index (χ1v) is 5.22. The van der Waals surface area contributed by atoms with Gasteiger partial charge >= 0.3 is 5.97 Å². The molecular formula is C10H10Cl2O3. The predicted octanol–water partition coefficient (Wildman–Crippen LogP) is 2.71. The van der Waals surface area contributed by atoms with Gasteiger partial charge < -0.3 is 9.84 Å². The maximum Gasteiger partial charge on any atom is 0.364 e. The quantitative estimate of drug-likeness (QED) is 0.816. The number of alkyl halides is 2. The second-order valence-electron chi connectivity index (χ2n) is 2.89. The van der Waals surface area contributed by atoms with E-state index in [9.17, 15) is 4.79 Å². The molecule has 0 saturated carbocycles. The van der Waals surface area contributed by atoms with Crippen LogP contribution in [0.25, 0.3) is 0 Å². The molecule has 0 aromatic heterocycles. The lowest BCUT2D eigenvalue weighted by Gasteiger charge is -2.22. The molecule has 0 fully saturated rings. The topological polar surface area (TPSA) is 46.5 Å². The lowest BCUT2D eigenvalue weighted by Crippen LogP contribution is -2.39. The van der Waals surface area contributed by atoms with Gasteiger partial charge in [0.05, 0.1) is 0 Å². The first-order chi connectivity index (χ1) is 7.08. The molecule has 0 aliphatic heterocycles. The standard InChI is InChI=1S/C10H10Cl2O3/c11-7-6-10(12,9(13)14)15-8-4-2-1-3-5-8/h1-5H,6-7H2,(H,13,14). The first-order valence-electron chi connectivity index (χ1n) is 4.31. The maximum absolute atomic E-state index is 10.9. The van der Waals surface area contributed by atoms with Gasteiger partial charge in [0.2, 0.25) is 0 Å². The largest absolute Gasteiger partial charge is 0.477 e. The number of carboxylic acids is 1. The molecule has 15 heavy (non-hydrogen) atoms. The number of benzene rings is 1. The van der Waals surface area contributed by atoms with Gasteiger partial charge in [-0.3, -0.25) is 0 Å². The van der Waals surface area contributed by atoms with Crippen LogP contribution in [0.2, 0.25) is 0 Å². The van der Waals surface area contributed by atoms with Gasteiger partial charge in [0, 0.05) is 12.3 Å². The Balaban J connectivity index is 2.80. The molecule has 0 aliphatic rings. The van der Waals surface area contributed by atoms with E-state index in [4.69, 9.17) is 33.0 Å². The number of aliphatic carboxylic acids is 1. The number of carbonyl (C=O) groups is 1. The second kappa shape index (κ2) is 5.24. The number of hydrogen-bond acceptors (Lipinski definition) is 2. The van der Waals surface area contributed by atoms with Crippen molar-refractivity contribution in [2.45, 2.75) is 11.5 Å². The fourth-order valence-corrected chi connectivity index (χ4v) is 1.54. The molecule has 0 heterocycles. The number of rotatable bonds is 5. The van der Waals surface area contributed by atoms with Gasteiger partial charge in [0.25, 0.3) is 5.06 Å². The molecule has 0 bridgehead atoms. The van der Waals surface area contributed by atoms with Crippen molar-refractivity contribution in [3.63, 3.8) is 0 Å². The average molecular weight is 249 g/mol. The minimum atomic E-state index is -1.79. The van der Waals surface area contributed by atoms with Gasteiger partial charge in [-0.2, -0.15) is 0 Å². The van der Waals surface area contributed by atoms with Crippen LogP contribution < -0.4 is 4.74 Å². The Morgan fingerprint density at radius 3 is 2.47 bits per heavy atom. The Labute approximate surface area is 97.6 Å². The summed E-state index contributed by atoms with van der Waals surface area (Å²) >= 11 is 11.3. The van der Waals surface area contributed by atoms with E-state index >= 15 is 0 Å². The fourth-order valence-electron chi connectivity index (χ4n) is 0.998. The Hall–Kier alpha value is -0.930. The molecule has 82 valence electrons. The van der Waals surface area contributed by atoms with Crippen molar-refractivity contribution in [3.05, 3.63) is 30.3 Å². The third-order valence-electron chi connectivity index (χ3n) is 1.76. The normalized spacial score (nSPS) is 14.3. The van der Waals surface area contributed by atoms with E-state index in [1.807, 2.05) is 0 Å². The van der Waals surface area contributed by atoms with E-state index in [-0.39, 0.29) is 12.3 Å². The molecule has 1 N–H and O–H groups in total. The number of para-hydroxylation sites is 1. The monoisotopic (exact) mass is 248 g/mol. The number of ether oxygens (including phenoxy) is 1. The van der Waals surface area contributed by atoms with Crippen molar-refractivity contribution < 1.29 is 14.6 Å². The average Bonchev–Trinajstić information content (AvgIpc) is 2.19. The molecule has 3 nitrogen and oxygen atoms in total. The summed E-state index contributed by atoms with van der Waals surface area (Å²) in [5.41, 5.74) is 0. The molecule has 1 rings (SSSR count). The van der Waals surface area contributed by atoms with Gasteiger partial charge in [0.15, 0.2) is 0 Å². The lowest BCUT2D eigenvalue weighted by atomic mass is 10.2. The highest BCUT2D eigenvalue weighted by Gasteiger charge is 2.38. The molecule has 1 aromatic carbocycles. The molecule has 1 unspecified atom stereocenters. The van der Waals surface area contributed by atoms with E-state index in [1.165, 1.54) is 0 Å². The van der Waals surface area contributed by atoms with Crippen LogP contribution in [-0.4, -0.2) is 22.0 Å². The number of halogens is 2. The smallest absolute Gasteiger partial charge is 0.364 e. The maximum atomic E-state index is 10.9. The minimum absolute atomic E-state index is 0.0281. The highest BCUT2D eigenvalue weighted by molar-refractivity contribution is 6.33. The van der Waals surface area contributed by atoms with Gasteiger partial charge in [-0.05, 0) is 12.1 Å². The fraction of sp³-hybridized carbons (Fsp3) is 0.300. The van der Waals surface area contributed by atoms with Crippen molar-refractivity contribution in [3.8, 4) is 5.75 Å². The zero-order chi connectivity index (χ0) is 11.3. The Morgan fingerprint density at radius 1 is 1.40 bits per heavy atom. The Kier molecular flexibility index (Phi) is 4.24. The van der Waals surface area contributed by atoms with E-state index in [2.05, 4.69) is 0 Å². The third-order valence-corrected chi connectivity index (χ3v) is 2.38. The Bertz CT molecular complexity index is 329. The summed E-state index contributed by atoms with van der Waals surface area (Å²) in [5.74, 6) is -0.725. The van der Waals surface area contributed by atoms with Gasteiger partial charge in [-0.15, -0.1) is 11.6 Å². The summed E-state index contributed by atoms with van der Waals surface area (Å²) in [7, 11) is 0. The van der Waals surface area contributed by atoms with Gasteiger partial charge in [-0.1, -0.05) is 29.8 Å². The lowest BCUT2D eigenvalue weighted by molar-refractivity contribution is -0.148. The molecule has 0 aliphatic carbocycles. The second-order valence-corrected chi connectivity index (χ2v) is 3.88. The molecule has 0 radical (unpaired) electrons. The highest BCUT2D eigenvalue weighted by Crippen LogP contribution is 2.26. The van der Waals surface area contributed by atoms with Crippen LogP contribution in [0, 0.1) is 0 Å². The van der Waals surface area contributed by atoms with Crippen molar-refractivity contribution in [2.75, 3.05) is 5.88 Å². The SMILES string of the molecule is O=C(O)C(Cl)(CCCl)Oc1ccccc1. The summed E-state index contributed by atoms with van der Waals surface area (Å²) in [6.07, 6.45) is 0.0281. The summed E-state index contributed by atoms with van der Waals surface area (Å²) in [5, 5.41) is 7.12. The Morgan fingerprint density at radius 2 is 2.00 bits per heavy atom. The van der Waals surface area contributed by atoms with Crippen LogP contribution in [0.15, 0.2) is 30.3 Å². The molecule has 0 saturated heterocycles.